The maximum absolute atomic E-state index is 13.8. The molecule has 4 nitrogen and oxygen atoms in total. The molecule has 2 aliphatic heterocycles. The SMILES string of the molecule is O=C(OCc1ccccc1)N1C2CCC1CC(O)(c1cc(F)ccc1C(F)(F)F)C2. The molecule has 2 bridgehead atoms. The molecule has 0 saturated carbocycles. The molecule has 2 aliphatic rings. The molecule has 0 radical (unpaired) electrons. The van der Waals surface area contributed by atoms with Crippen molar-refractivity contribution in [2.75, 3.05) is 0 Å². The predicted molar refractivity (Wildman–Crippen MR) is 99.8 cm³/mol. The zero-order valence-electron chi connectivity index (χ0n) is 16.0. The molecule has 8 heteroatoms. The van der Waals surface area contributed by atoms with Gasteiger partial charge in [0.1, 0.15) is 12.4 Å². The highest BCUT2D eigenvalue weighted by Gasteiger charge is 2.52. The van der Waals surface area contributed by atoms with Crippen molar-refractivity contribution in [2.24, 2.45) is 0 Å². The van der Waals surface area contributed by atoms with Crippen LogP contribution >= 0.6 is 0 Å². The maximum atomic E-state index is 13.8. The molecule has 1 amide bonds. The van der Waals surface area contributed by atoms with Gasteiger partial charge in [0.05, 0.1) is 11.2 Å². The number of alkyl halides is 3. The monoisotopic (exact) mass is 423 g/mol. The summed E-state index contributed by atoms with van der Waals surface area (Å²) in [6.07, 6.45) is -4.38. The van der Waals surface area contributed by atoms with E-state index in [4.69, 9.17) is 4.74 Å². The van der Waals surface area contributed by atoms with Gasteiger partial charge >= 0.3 is 12.3 Å². The molecule has 2 aromatic rings. The average molecular weight is 423 g/mol. The second-order valence-corrected chi connectivity index (χ2v) is 7.96. The van der Waals surface area contributed by atoms with E-state index >= 15 is 0 Å². The molecule has 1 N–H and O–H groups in total. The predicted octanol–water partition coefficient (Wildman–Crippen LogP) is 5.00. The number of carbonyl (C=O) groups is 1. The topological polar surface area (TPSA) is 49.8 Å². The van der Waals surface area contributed by atoms with Gasteiger partial charge in [-0.05, 0) is 42.2 Å². The van der Waals surface area contributed by atoms with E-state index in [0.717, 1.165) is 17.7 Å². The molecule has 4 rings (SSSR count). The number of nitrogens with zero attached hydrogens (tertiary/aromatic N) is 1. The summed E-state index contributed by atoms with van der Waals surface area (Å²) in [4.78, 5) is 14.2. The number of fused-ring (bicyclic) bond motifs is 2. The van der Waals surface area contributed by atoms with E-state index in [0.29, 0.717) is 18.9 Å². The summed E-state index contributed by atoms with van der Waals surface area (Å²) in [5.41, 5.74) is -2.56. The van der Waals surface area contributed by atoms with Crippen LogP contribution in [0.25, 0.3) is 0 Å². The quantitative estimate of drug-likeness (QED) is 0.708. The largest absolute Gasteiger partial charge is 0.445 e. The molecule has 0 spiro atoms. The Bertz CT molecular complexity index is 918. The molecule has 0 aromatic heterocycles. The maximum Gasteiger partial charge on any atom is 0.416 e. The lowest BCUT2D eigenvalue weighted by Crippen LogP contribution is -2.52. The number of hydrogen-bond acceptors (Lipinski definition) is 3. The molecule has 0 aliphatic carbocycles. The fraction of sp³-hybridized carbons (Fsp3) is 0.409. The zero-order chi connectivity index (χ0) is 21.5. The Labute approximate surface area is 171 Å². The van der Waals surface area contributed by atoms with E-state index in [9.17, 15) is 27.5 Å². The number of rotatable bonds is 3. The van der Waals surface area contributed by atoms with Gasteiger partial charge in [-0.3, -0.25) is 0 Å². The van der Waals surface area contributed by atoms with Gasteiger partial charge < -0.3 is 14.7 Å². The molecule has 2 fully saturated rings. The lowest BCUT2D eigenvalue weighted by Gasteiger charge is -2.44. The van der Waals surface area contributed by atoms with Crippen LogP contribution in [0.4, 0.5) is 22.4 Å². The Morgan fingerprint density at radius 1 is 1.10 bits per heavy atom. The van der Waals surface area contributed by atoms with Gasteiger partial charge in [0.2, 0.25) is 0 Å². The van der Waals surface area contributed by atoms with Crippen molar-refractivity contribution < 1.29 is 32.2 Å². The van der Waals surface area contributed by atoms with Crippen LogP contribution in [0.2, 0.25) is 0 Å². The molecule has 30 heavy (non-hydrogen) atoms. The first-order valence-electron chi connectivity index (χ1n) is 9.76. The second kappa shape index (κ2) is 7.58. The van der Waals surface area contributed by atoms with Crippen molar-refractivity contribution in [1.29, 1.82) is 0 Å². The van der Waals surface area contributed by atoms with Gasteiger partial charge in [0.15, 0.2) is 0 Å². The van der Waals surface area contributed by atoms with Crippen molar-refractivity contribution >= 4 is 6.09 Å². The van der Waals surface area contributed by atoms with Crippen LogP contribution in [0.5, 0.6) is 0 Å². The third-order valence-corrected chi connectivity index (χ3v) is 5.97. The van der Waals surface area contributed by atoms with Crippen LogP contribution in [0, 0.1) is 5.82 Å². The zero-order valence-corrected chi connectivity index (χ0v) is 16.0. The minimum atomic E-state index is -4.72. The fourth-order valence-electron chi connectivity index (χ4n) is 4.69. The van der Waals surface area contributed by atoms with Crippen LogP contribution in [0.1, 0.15) is 42.4 Å². The van der Waals surface area contributed by atoms with Crippen molar-refractivity contribution in [3.05, 3.63) is 71.0 Å². The van der Waals surface area contributed by atoms with Gasteiger partial charge in [0, 0.05) is 24.9 Å². The molecular weight excluding hydrogens is 402 g/mol. The molecule has 2 aromatic carbocycles. The first kappa shape index (κ1) is 20.7. The van der Waals surface area contributed by atoms with Crippen LogP contribution in [-0.2, 0) is 23.1 Å². The standard InChI is InChI=1S/C22H21F4NO3/c23-15-6-9-18(22(24,25)26)19(10-15)21(29)11-16-7-8-17(12-21)27(16)20(28)30-13-14-4-2-1-3-5-14/h1-6,9-10,16-17,29H,7-8,11-13H2. The summed E-state index contributed by atoms with van der Waals surface area (Å²) < 4.78 is 59.5. The number of piperidine rings is 1. The molecule has 2 atom stereocenters. The minimum Gasteiger partial charge on any atom is -0.445 e. The number of amides is 1. The number of ether oxygens (including phenoxy) is 1. The number of aliphatic hydroxyl groups is 1. The smallest absolute Gasteiger partial charge is 0.416 e. The Balaban J connectivity index is 1.54. The van der Waals surface area contributed by atoms with Crippen molar-refractivity contribution in [1.82, 2.24) is 4.90 Å². The van der Waals surface area contributed by atoms with Gasteiger partial charge in [-0.25, -0.2) is 9.18 Å². The van der Waals surface area contributed by atoms with Gasteiger partial charge in [0.25, 0.3) is 0 Å². The summed E-state index contributed by atoms with van der Waals surface area (Å²) in [6, 6.07) is 10.3. The summed E-state index contributed by atoms with van der Waals surface area (Å²) in [5.74, 6) is -0.844. The van der Waals surface area contributed by atoms with E-state index in [-0.39, 0.29) is 19.4 Å². The molecular formula is C22H21F4NO3. The highest BCUT2D eigenvalue weighted by molar-refractivity contribution is 5.69. The Kier molecular flexibility index (Phi) is 5.22. The first-order chi connectivity index (χ1) is 14.2. The van der Waals surface area contributed by atoms with Crippen molar-refractivity contribution in [3.63, 3.8) is 0 Å². The highest BCUT2D eigenvalue weighted by atomic mass is 19.4. The third-order valence-electron chi connectivity index (χ3n) is 5.97. The van der Waals surface area contributed by atoms with Crippen molar-refractivity contribution in [2.45, 2.75) is 56.2 Å². The van der Waals surface area contributed by atoms with Crippen LogP contribution < -0.4 is 0 Å². The van der Waals surface area contributed by atoms with E-state index in [2.05, 4.69) is 0 Å². The summed E-state index contributed by atoms with van der Waals surface area (Å²) in [6.45, 7) is 0.0853. The first-order valence-corrected chi connectivity index (χ1v) is 9.76. The molecule has 2 saturated heterocycles. The fourth-order valence-corrected chi connectivity index (χ4v) is 4.69. The molecule has 160 valence electrons. The molecule has 2 unspecified atom stereocenters. The van der Waals surface area contributed by atoms with E-state index in [1.807, 2.05) is 30.3 Å². The van der Waals surface area contributed by atoms with Crippen LogP contribution in [-0.4, -0.2) is 28.2 Å². The third kappa shape index (κ3) is 3.88. The molecule has 2 heterocycles. The summed E-state index contributed by atoms with van der Waals surface area (Å²) in [5, 5.41) is 11.2. The van der Waals surface area contributed by atoms with Crippen molar-refractivity contribution in [3.8, 4) is 0 Å². The Morgan fingerprint density at radius 3 is 2.33 bits per heavy atom. The van der Waals surface area contributed by atoms with E-state index in [1.165, 1.54) is 4.90 Å². The van der Waals surface area contributed by atoms with Crippen LogP contribution in [0.3, 0.4) is 0 Å². The van der Waals surface area contributed by atoms with E-state index < -0.39 is 46.9 Å². The Morgan fingerprint density at radius 2 is 1.73 bits per heavy atom. The van der Waals surface area contributed by atoms with Crippen LogP contribution in [0.15, 0.2) is 48.5 Å². The number of halogens is 4. The lowest BCUT2D eigenvalue weighted by molar-refractivity contribution is -0.142. The average Bonchev–Trinajstić information content (AvgIpc) is 2.98. The normalized spacial score (nSPS) is 26.0. The number of carbonyl (C=O) groups excluding carboxylic acids is 1. The Hall–Kier alpha value is -2.61. The second-order valence-electron chi connectivity index (χ2n) is 7.96. The summed E-state index contributed by atoms with van der Waals surface area (Å²) >= 11 is 0. The van der Waals surface area contributed by atoms with E-state index in [1.54, 1.807) is 0 Å². The van der Waals surface area contributed by atoms with Gasteiger partial charge in [-0.15, -0.1) is 0 Å². The number of hydrogen-bond donors (Lipinski definition) is 1. The minimum absolute atomic E-state index is 0.0853. The number of benzene rings is 2. The van der Waals surface area contributed by atoms with Gasteiger partial charge in [-0.2, -0.15) is 13.2 Å². The highest BCUT2D eigenvalue weighted by Crippen LogP contribution is 2.49. The lowest BCUT2D eigenvalue weighted by atomic mass is 9.78. The summed E-state index contributed by atoms with van der Waals surface area (Å²) in [7, 11) is 0. The van der Waals surface area contributed by atoms with Gasteiger partial charge in [-0.1, -0.05) is 30.3 Å².